The van der Waals surface area contributed by atoms with Gasteiger partial charge in [-0.25, -0.2) is 9.97 Å². The van der Waals surface area contributed by atoms with Gasteiger partial charge in [-0.1, -0.05) is 115 Å². The van der Waals surface area contributed by atoms with E-state index in [9.17, 15) is 0 Å². The molecule has 0 atom stereocenters. The van der Waals surface area contributed by atoms with Crippen molar-refractivity contribution >= 4 is 65.6 Å². The monoisotopic (exact) mass is 652 g/mol. The number of hydrogen-bond donors (Lipinski definition) is 0. The highest BCUT2D eigenvalue weighted by Crippen LogP contribution is 2.44. The van der Waals surface area contributed by atoms with Crippen molar-refractivity contribution in [3.8, 4) is 34.2 Å². The lowest BCUT2D eigenvalue weighted by Gasteiger charge is -2.12. The first kappa shape index (κ1) is 27.9. The number of para-hydroxylation sites is 3. The maximum absolute atomic E-state index is 6.71. The molecule has 0 aliphatic carbocycles. The van der Waals surface area contributed by atoms with E-state index in [2.05, 4.69) is 155 Å². The number of hydrogen-bond acceptors (Lipinski definition) is 3. The molecule has 0 fully saturated rings. The molecular formula is C46H28N4O. The van der Waals surface area contributed by atoms with Crippen LogP contribution in [0, 0.1) is 0 Å². The number of furan rings is 1. The Morgan fingerprint density at radius 1 is 0.392 bits per heavy atom. The summed E-state index contributed by atoms with van der Waals surface area (Å²) in [5.74, 6) is 1.50. The van der Waals surface area contributed by atoms with Gasteiger partial charge in [-0.15, -0.1) is 0 Å². The maximum Gasteiger partial charge on any atom is 0.162 e. The van der Waals surface area contributed by atoms with Crippen LogP contribution >= 0.6 is 0 Å². The number of rotatable bonds is 4. The molecule has 0 saturated carbocycles. The van der Waals surface area contributed by atoms with Crippen molar-refractivity contribution in [3.63, 3.8) is 0 Å². The summed E-state index contributed by atoms with van der Waals surface area (Å²) in [5, 5.41) is 6.82. The van der Waals surface area contributed by atoms with E-state index in [1.165, 1.54) is 16.3 Å². The smallest absolute Gasteiger partial charge is 0.162 e. The van der Waals surface area contributed by atoms with Gasteiger partial charge in [-0.05, 0) is 48.5 Å². The zero-order chi connectivity index (χ0) is 33.5. The van der Waals surface area contributed by atoms with Gasteiger partial charge in [0.05, 0.1) is 27.8 Å². The van der Waals surface area contributed by atoms with E-state index in [1.54, 1.807) is 0 Å². The zero-order valence-electron chi connectivity index (χ0n) is 27.4. The van der Waals surface area contributed by atoms with E-state index in [4.69, 9.17) is 14.4 Å². The van der Waals surface area contributed by atoms with Gasteiger partial charge in [0.1, 0.15) is 17.0 Å². The van der Waals surface area contributed by atoms with Crippen LogP contribution in [0.25, 0.3) is 99.7 Å². The molecule has 0 saturated heterocycles. The molecule has 0 amide bonds. The SMILES string of the molecule is c1ccc(-c2cc(-n3c4ccccc4c4cc5oc6ccc7c(c8ccccc8n7-c7ccccc7)c6c5cc43)nc(-c3ccccc3)n2)cc1. The normalized spacial score (nSPS) is 11.9. The number of fused-ring (bicyclic) bond motifs is 10. The molecule has 0 bridgehead atoms. The van der Waals surface area contributed by atoms with Crippen LogP contribution in [-0.2, 0) is 0 Å². The minimum atomic E-state index is 0.683. The molecule has 0 N–H and O–H groups in total. The Hall–Kier alpha value is -6.98. The Morgan fingerprint density at radius 3 is 1.80 bits per heavy atom. The largest absolute Gasteiger partial charge is 0.456 e. The van der Waals surface area contributed by atoms with Gasteiger partial charge >= 0.3 is 0 Å². The van der Waals surface area contributed by atoms with E-state index >= 15 is 0 Å². The third-order valence-electron chi connectivity index (χ3n) is 10.1. The highest BCUT2D eigenvalue weighted by atomic mass is 16.3. The topological polar surface area (TPSA) is 48.8 Å². The quantitative estimate of drug-likeness (QED) is 0.190. The van der Waals surface area contributed by atoms with Crippen LogP contribution in [0.2, 0.25) is 0 Å². The van der Waals surface area contributed by atoms with Crippen molar-refractivity contribution in [1.29, 1.82) is 0 Å². The van der Waals surface area contributed by atoms with Gasteiger partial charge in [-0.2, -0.15) is 0 Å². The van der Waals surface area contributed by atoms with E-state index in [0.717, 1.165) is 77.6 Å². The van der Waals surface area contributed by atoms with E-state index < -0.39 is 0 Å². The fourth-order valence-corrected chi connectivity index (χ4v) is 7.91. The van der Waals surface area contributed by atoms with Crippen LogP contribution in [0.4, 0.5) is 0 Å². The second-order valence-electron chi connectivity index (χ2n) is 13.0. The van der Waals surface area contributed by atoms with Crippen molar-refractivity contribution in [2.75, 3.05) is 0 Å². The van der Waals surface area contributed by atoms with Crippen molar-refractivity contribution in [2.24, 2.45) is 0 Å². The summed E-state index contributed by atoms with van der Waals surface area (Å²) in [6.07, 6.45) is 0. The molecule has 4 heterocycles. The lowest BCUT2D eigenvalue weighted by molar-refractivity contribution is 0.670. The Balaban J connectivity index is 1.26. The van der Waals surface area contributed by atoms with Crippen molar-refractivity contribution < 1.29 is 4.42 Å². The Labute approximate surface area is 292 Å². The predicted molar refractivity (Wildman–Crippen MR) is 209 cm³/mol. The van der Waals surface area contributed by atoms with Gasteiger partial charge in [0.2, 0.25) is 0 Å². The Morgan fingerprint density at radius 2 is 1.04 bits per heavy atom. The lowest BCUT2D eigenvalue weighted by Crippen LogP contribution is -2.02. The third kappa shape index (κ3) is 4.15. The van der Waals surface area contributed by atoms with Gasteiger partial charge < -0.3 is 8.98 Å². The van der Waals surface area contributed by atoms with E-state index in [0.29, 0.717) is 5.82 Å². The maximum atomic E-state index is 6.71. The standard InChI is InChI=1S/C46H28N4O/c1-4-14-29(15-5-1)36-28-43(48-46(47-36)30-16-6-2-7-17-30)50-37-22-12-10-20-32(37)34-27-42-35(26-40(34)50)45-41(51-42)25-24-39-44(45)33-21-11-13-23-38(33)49(39)31-18-8-3-9-19-31/h1-28H. The summed E-state index contributed by atoms with van der Waals surface area (Å²) < 4.78 is 11.4. The highest BCUT2D eigenvalue weighted by molar-refractivity contribution is 6.29. The second kappa shape index (κ2) is 10.8. The summed E-state index contributed by atoms with van der Waals surface area (Å²) in [5.41, 5.74) is 10.2. The zero-order valence-corrected chi connectivity index (χ0v) is 27.4. The van der Waals surface area contributed by atoms with Crippen LogP contribution in [0.5, 0.6) is 0 Å². The van der Waals surface area contributed by atoms with Crippen LogP contribution in [0.15, 0.2) is 174 Å². The number of nitrogens with zero attached hydrogens (tertiary/aromatic N) is 4. The fourth-order valence-electron chi connectivity index (χ4n) is 7.91. The molecule has 0 radical (unpaired) electrons. The average molecular weight is 653 g/mol. The van der Waals surface area contributed by atoms with E-state index in [1.807, 2.05) is 24.3 Å². The summed E-state index contributed by atoms with van der Waals surface area (Å²) in [6, 6.07) is 59.3. The van der Waals surface area contributed by atoms with Gasteiger partial charge in [0.15, 0.2) is 5.82 Å². The minimum absolute atomic E-state index is 0.683. The predicted octanol–water partition coefficient (Wildman–Crippen LogP) is 11.9. The third-order valence-corrected chi connectivity index (χ3v) is 10.1. The lowest BCUT2D eigenvalue weighted by atomic mass is 10.0. The molecule has 11 rings (SSSR count). The Bertz CT molecular complexity index is 3060. The second-order valence-corrected chi connectivity index (χ2v) is 13.0. The number of benzene rings is 7. The van der Waals surface area contributed by atoms with Crippen LogP contribution in [0.1, 0.15) is 0 Å². The molecule has 0 unspecified atom stereocenters. The first-order valence-electron chi connectivity index (χ1n) is 17.2. The molecule has 0 spiro atoms. The van der Waals surface area contributed by atoms with Crippen LogP contribution in [-0.4, -0.2) is 19.1 Å². The molecule has 5 nitrogen and oxygen atoms in total. The Kier molecular flexibility index (Phi) is 5.89. The molecule has 0 aliphatic heterocycles. The van der Waals surface area contributed by atoms with E-state index in [-0.39, 0.29) is 0 Å². The minimum Gasteiger partial charge on any atom is -0.456 e. The molecule has 11 aromatic rings. The van der Waals surface area contributed by atoms with Crippen LogP contribution < -0.4 is 0 Å². The summed E-state index contributed by atoms with van der Waals surface area (Å²) >= 11 is 0. The van der Waals surface area contributed by atoms with Gasteiger partial charge in [0.25, 0.3) is 0 Å². The van der Waals surface area contributed by atoms with Crippen molar-refractivity contribution in [1.82, 2.24) is 19.1 Å². The highest BCUT2D eigenvalue weighted by Gasteiger charge is 2.22. The molecular weight excluding hydrogens is 625 g/mol. The summed E-state index contributed by atoms with van der Waals surface area (Å²) in [6.45, 7) is 0. The molecule has 238 valence electrons. The average Bonchev–Trinajstić information content (AvgIpc) is 3.85. The number of aromatic nitrogens is 4. The first-order valence-corrected chi connectivity index (χ1v) is 17.2. The van der Waals surface area contributed by atoms with Crippen LogP contribution in [0.3, 0.4) is 0 Å². The molecule has 4 aromatic heterocycles. The molecule has 51 heavy (non-hydrogen) atoms. The van der Waals surface area contributed by atoms with Crippen molar-refractivity contribution in [2.45, 2.75) is 0 Å². The molecule has 7 aromatic carbocycles. The van der Waals surface area contributed by atoms with Gasteiger partial charge in [-0.3, -0.25) is 4.57 Å². The summed E-state index contributed by atoms with van der Waals surface area (Å²) in [4.78, 5) is 10.3. The fraction of sp³-hybridized carbons (Fsp3) is 0. The molecule has 0 aliphatic rings. The van der Waals surface area contributed by atoms with Gasteiger partial charge in [0, 0.05) is 55.2 Å². The summed E-state index contributed by atoms with van der Waals surface area (Å²) in [7, 11) is 0. The van der Waals surface area contributed by atoms with Crippen molar-refractivity contribution in [3.05, 3.63) is 170 Å². The molecule has 5 heteroatoms. The first-order chi connectivity index (χ1) is 25.3.